The Hall–Kier alpha value is -1.31. The fourth-order valence-corrected chi connectivity index (χ4v) is 5.37. The van der Waals surface area contributed by atoms with Crippen molar-refractivity contribution in [2.45, 2.75) is 26.4 Å². The first-order valence-electron chi connectivity index (χ1n) is 9.34. The summed E-state index contributed by atoms with van der Waals surface area (Å²) < 4.78 is 2.33. The van der Waals surface area contributed by atoms with Gasteiger partial charge in [0.05, 0.1) is 17.8 Å². The third-order valence-electron chi connectivity index (χ3n) is 5.27. The number of aryl methyl sites for hydroxylation is 1. The number of hydrogen-bond donors (Lipinski definition) is 1. The third-order valence-corrected chi connectivity index (χ3v) is 7.02. The zero-order chi connectivity index (χ0) is 19.8. The first kappa shape index (κ1) is 20.0. The molecular weight excluding hydrogens is 415 g/mol. The van der Waals surface area contributed by atoms with E-state index in [9.17, 15) is 4.79 Å². The summed E-state index contributed by atoms with van der Waals surface area (Å²) in [5, 5.41) is 1.07. The van der Waals surface area contributed by atoms with Gasteiger partial charge in [0.2, 0.25) is 0 Å². The summed E-state index contributed by atoms with van der Waals surface area (Å²) >= 11 is 14.4. The van der Waals surface area contributed by atoms with E-state index in [1.165, 1.54) is 6.42 Å². The van der Waals surface area contributed by atoms with Gasteiger partial charge in [0.1, 0.15) is 0 Å². The lowest BCUT2D eigenvalue weighted by Gasteiger charge is -2.20. The summed E-state index contributed by atoms with van der Waals surface area (Å²) in [6.07, 6.45) is 1.21. The number of aromatic nitrogens is 1. The minimum absolute atomic E-state index is 0.00223. The zero-order valence-electron chi connectivity index (χ0n) is 15.7. The van der Waals surface area contributed by atoms with Gasteiger partial charge in [-0.1, -0.05) is 41.2 Å². The van der Waals surface area contributed by atoms with Crippen molar-refractivity contribution in [1.29, 1.82) is 0 Å². The van der Waals surface area contributed by atoms with Crippen LogP contribution < -0.4 is 5.73 Å². The highest BCUT2D eigenvalue weighted by molar-refractivity contribution is 7.97. The second-order valence-electron chi connectivity index (χ2n) is 7.04. The van der Waals surface area contributed by atoms with E-state index in [0.29, 0.717) is 28.7 Å². The standard InChI is InChI=1S/C20H22Cl2N4OS/c1-12-15(10-23)18(14-4-3-13(21)9-16(14)22)19-17(24-12)11-25(20(19)27)6-7-26-5-2-8-28-26/h3-4,9H,2,5-8,10-11,23H2,1H3. The molecule has 28 heavy (non-hydrogen) atoms. The van der Waals surface area contributed by atoms with Gasteiger partial charge in [0.25, 0.3) is 5.91 Å². The number of nitrogens with two attached hydrogens (primary N) is 1. The molecule has 5 nitrogen and oxygen atoms in total. The predicted octanol–water partition coefficient (Wildman–Crippen LogP) is 4.13. The van der Waals surface area contributed by atoms with Crippen LogP contribution in [0.1, 0.15) is 33.7 Å². The molecule has 4 rings (SSSR count). The van der Waals surface area contributed by atoms with Crippen molar-refractivity contribution in [3.8, 4) is 11.1 Å². The number of carbonyl (C=O) groups excluding carboxylic acids is 1. The molecule has 2 N–H and O–H groups in total. The van der Waals surface area contributed by atoms with Crippen LogP contribution in [0.5, 0.6) is 0 Å². The van der Waals surface area contributed by atoms with E-state index in [4.69, 9.17) is 33.9 Å². The van der Waals surface area contributed by atoms with Gasteiger partial charge in [-0.15, -0.1) is 0 Å². The Labute approximate surface area is 179 Å². The number of pyridine rings is 1. The maximum Gasteiger partial charge on any atom is 0.256 e. The monoisotopic (exact) mass is 436 g/mol. The number of rotatable bonds is 5. The number of fused-ring (bicyclic) bond motifs is 1. The molecule has 2 aliphatic heterocycles. The molecule has 1 saturated heterocycles. The molecule has 0 unspecified atom stereocenters. The molecule has 2 aromatic rings. The fraction of sp³-hybridized carbons (Fsp3) is 0.400. The second-order valence-corrected chi connectivity index (χ2v) is 9.07. The van der Waals surface area contributed by atoms with Gasteiger partial charge < -0.3 is 10.6 Å². The van der Waals surface area contributed by atoms with Crippen molar-refractivity contribution < 1.29 is 4.79 Å². The highest BCUT2D eigenvalue weighted by Crippen LogP contribution is 2.39. The van der Waals surface area contributed by atoms with Crippen LogP contribution in [0, 0.1) is 6.92 Å². The first-order valence-corrected chi connectivity index (χ1v) is 11.0. The molecule has 8 heteroatoms. The maximum absolute atomic E-state index is 13.3. The van der Waals surface area contributed by atoms with Crippen molar-refractivity contribution in [3.63, 3.8) is 0 Å². The Kier molecular flexibility index (Phi) is 5.86. The van der Waals surface area contributed by atoms with Gasteiger partial charge in [-0.05, 0) is 31.0 Å². The largest absolute Gasteiger partial charge is 0.331 e. The van der Waals surface area contributed by atoms with Gasteiger partial charge in [-0.3, -0.25) is 9.78 Å². The molecule has 3 heterocycles. The van der Waals surface area contributed by atoms with E-state index in [0.717, 1.165) is 46.9 Å². The molecule has 1 fully saturated rings. The van der Waals surface area contributed by atoms with E-state index < -0.39 is 0 Å². The van der Waals surface area contributed by atoms with Crippen LogP contribution in [0.25, 0.3) is 11.1 Å². The van der Waals surface area contributed by atoms with E-state index in [2.05, 4.69) is 4.31 Å². The van der Waals surface area contributed by atoms with E-state index >= 15 is 0 Å². The summed E-state index contributed by atoms with van der Waals surface area (Å²) in [6.45, 7) is 5.38. The van der Waals surface area contributed by atoms with Gasteiger partial charge in [0, 0.05) is 58.8 Å². The Bertz CT molecular complexity index is 931. The third kappa shape index (κ3) is 3.64. The molecule has 1 amide bonds. The lowest BCUT2D eigenvalue weighted by Crippen LogP contribution is -2.31. The average Bonchev–Trinajstić information content (AvgIpc) is 3.27. The smallest absolute Gasteiger partial charge is 0.256 e. The minimum Gasteiger partial charge on any atom is -0.331 e. The topological polar surface area (TPSA) is 62.5 Å². The Balaban J connectivity index is 1.73. The zero-order valence-corrected chi connectivity index (χ0v) is 18.0. The molecule has 2 aliphatic rings. The number of nitrogens with zero attached hydrogens (tertiary/aromatic N) is 3. The lowest BCUT2D eigenvalue weighted by atomic mass is 9.93. The normalized spacial score (nSPS) is 16.9. The van der Waals surface area contributed by atoms with Crippen LogP contribution in [-0.2, 0) is 13.1 Å². The molecule has 148 valence electrons. The quantitative estimate of drug-likeness (QED) is 0.713. The fourth-order valence-electron chi connectivity index (χ4n) is 3.88. The van der Waals surface area contributed by atoms with E-state index in [1.807, 2.05) is 29.8 Å². The molecule has 0 saturated carbocycles. The molecule has 0 aliphatic carbocycles. The highest BCUT2D eigenvalue weighted by Gasteiger charge is 2.34. The average molecular weight is 437 g/mol. The van der Waals surface area contributed by atoms with Crippen LogP contribution in [0.2, 0.25) is 10.0 Å². The highest BCUT2D eigenvalue weighted by atomic mass is 35.5. The van der Waals surface area contributed by atoms with Crippen molar-refractivity contribution in [2.75, 3.05) is 25.4 Å². The van der Waals surface area contributed by atoms with Gasteiger partial charge in [-0.25, -0.2) is 4.31 Å². The van der Waals surface area contributed by atoms with Crippen LogP contribution in [-0.4, -0.2) is 45.5 Å². The summed E-state index contributed by atoms with van der Waals surface area (Å²) in [7, 11) is 0. The van der Waals surface area contributed by atoms with Crippen LogP contribution in [0.4, 0.5) is 0 Å². The van der Waals surface area contributed by atoms with E-state index in [1.54, 1.807) is 12.1 Å². The minimum atomic E-state index is 0.00223. The predicted molar refractivity (Wildman–Crippen MR) is 116 cm³/mol. The molecule has 0 radical (unpaired) electrons. The summed E-state index contributed by atoms with van der Waals surface area (Å²) in [5.74, 6) is 1.16. The lowest BCUT2D eigenvalue weighted by molar-refractivity contribution is 0.0773. The van der Waals surface area contributed by atoms with Crippen molar-refractivity contribution in [2.24, 2.45) is 5.73 Å². The summed E-state index contributed by atoms with van der Waals surface area (Å²) in [5.41, 5.74) is 10.7. The maximum atomic E-state index is 13.3. The van der Waals surface area contributed by atoms with Crippen molar-refractivity contribution in [1.82, 2.24) is 14.2 Å². The molecule has 1 aromatic carbocycles. The summed E-state index contributed by atoms with van der Waals surface area (Å²) in [6, 6.07) is 5.34. The molecule has 1 aromatic heterocycles. The van der Waals surface area contributed by atoms with Gasteiger partial charge in [0.15, 0.2) is 0 Å². The van der Waals surface area contributed by atoms with Crippen LogP contribution in [0.15, 0.2) is 18.2 Å². The molecule has 0 bridgehead atoms. The Morgan fingerprint density at radius 3 is 2.75 bits per heavy atom. The Morgan fingerprint density at radius 2 is 2.07 bits per heavy atom. The van der Waals surface area contributed by atoms with Crippen molar-refractivity contribution >= 4 is 41.1 Å². The molecule has 0 atom stereocenters. The first-order chi connectivity index (χ1) is 13.5. The van der Waals surface area contributed by atoms with Gasteiger partial charge >= 0.3 is 0 Å². The Morgan fingerprint density at radius 1 is 1.25 bits per heavy atom. The number of amides is 1. The molecular formula is C20H22Cl2N4OS. The van der Waals surface area contributed by atoms with Crippen LogP contribution >= 0.6 is 35.1 Å². The molecule has 0 spiro atoms. The summed E-state index contributed by atoms with van der Waals surface area (Å²) in [4.78, 5) is 19.9. The number of benzene rings is 1. The number of carbonyl (C=O) groups is 1. The van der Waals surface area contributed by atoms with Crippen molar-refractivity contribution in [3.05, 3.63) is 50.8 Å². The second kappa shape index (κ2) is 8.20. The van der Waals surface area contributed by atoms with E-state index in [-0.39, 0.29) is 12.5 Å². The number of halogens is 2. The number of hydrogen-bond acceptors (Lipinski definition) is 5. The van der Waals surface area contributed by atoms with Crippen LogP contribution in [0.3, 0.4) is 0 Å². The van der Waals surface area contributed by atoms with Gasteiger partial charge in [-0.2, -0.15) is 0 Å². The SMILES string of the molecule is Cc1nc2c(c(-c3ccc(Cl)cc3Cl)c1CN)C(=O)N(CCN1CCCS1)C2.